The Bertz CT molecular complexity index is 724. The van der Waals surface area contributed by atoms with Crippen LogP contribution in [0.2, 0.25) is 0 Å². The molecule has 1 aliphatic heterocycles. The Morgan fingerprint density at radius 3 is 2.65 bits per heavy atom. The topological polar surface area (TPSA) is 64.0 Å². The first-order valence-electron chi connectivity index (χ1n) is 8.73. The fraction of sp³-hybridized carbons (Fsp3) is 0.350. The van der Waals surface area contributed by atoms with E-state index in [0.29, 0.717) is 25.6 Å². The lowest BCUT2D eigenvalue weighted by atomic mass is 9.93. The lowest BCUT2D eigenvalue weighted by Crippen LogP contribution is -2.38. The molecule has 26 heavy (non-hydrogen) atoms. The molecule has 0 saturated carbocycles. The van der Waals surface area contributed by atoms with Crippen molar-refractivity contribution in [3.8, 4) is 0 Å². The van der Waals surface area contributed by atoms with E-state index in [2.05, 4.69) is 9.98 Å². The fourth-order valence-electron chi connectivity index (χ4n) is 3.00. The minimum atomic E-state index is -0.246. The number of hydrogen-bond donors (Lipinski definition) is 0. The van der Waals surface area contributed by atoms with Crippen LogP contribution in [-0.4, -0.2) is 42.6 Å². The zero-order valence-electron chi connectivity index (χ0n) is 14.9. The summed E-state index contributed by atoms with van der Waals surface area (Å²) in [4.78, 5) is 22.6. The molecule has 0 atom stereocenters. The molecule has 0 spiro atoms. The van der Waals surface area contributed by atoms with E-state index >= 15 is 0 Å². The molecule has 2 aromatic rings. The number of carbonyl (C=O) groups excluding carboxylic acids is 1. The minimum Gasteiger partial charge on any atom is -0.486 e. The maximum Gasteiger partial charge on any atom is 0.410 e. The van der Waals surface area contributed by atoms with E-state index < -0.39 is 0 Å². The number of hydrogen-bond acceptors (Lipinski definition) is 5. The van der Waals surface area contributed by atoms with Crippen LogP contribution in [0.3, 0.4) is 0 Å². The van der Waals surface area contributed by atoms with Crippen LogP contribution in [0.5, 0.6) is 0 Å². The molecule has 3 rings (SSSR count). The summed E-state index contributed by atoms with van der Waals surface area (Å²) in [5.41, 5.74) is 2.80. The summed E-state index contributed by atoms with van der Waals surface area (Å²) in [5, 5.41) is 0. The molecular weight excluding hydrogens is 330 g/mol. The van der Waals surface area contributed by atoms with Crippen molar-refractivity contribution in [2.75, 3.05) is 20.2 Å². The Morgan fingerprint density at radius 1 is 1.23 bits per heavy atom. The van der Waals surface area contributed by atoms with Crippen molar-refractivity contribution in [3.63, 3.8) is 0 Å². The lowest BCUT2D eigenvalue weighted by Gasteiger charge is -2.31. The SMILES string of the molecule is CO/C=N\c1ccc(C2CCN(C(=O)OCc3ccccc3)CC2)nc1. The number of aromatic nitrogens is 1. The number of rotatable bonds is 5. The van der Waals surface area contributed by atoms with Gasteiger partial charge >= 0.3 is 6.09 Å². The summed E-state index contributed by atoms with van der Waals surface area (Å²) in [7, 11) is 1.56. The normalized spacial score (nSPS) is 15.2. The van der Waals surface area contributed by atoms with E-state index in [0.717, 1.165) is 29.8 Å². The number of aliphatic imine (C=N–C) groups is 1. The van der Waals surface area contributed by atoms with E-state index in [9.17, 15) is 4.79 Å². The highest BCUT2D eigenvalue weighted by molar-refractivity contribution is 5.67. The third-order valence-electron chi connectivity index (χ3n) is 4.45. The van der Waals surface area contributed by atoms with Crippen LogP contribution in [0.25, 0.3) is 0 Å². The highest BCUT2D eigenvalue weighted by atomic mass is 16.6. The standard InChI is InChI=1S/C20H23N3O3/c1-25-15-22-18-7-8-19(21-13-18)17-9-11-23(12-10-17)20(24)26-14-16-5-3-2-4-6-16/h2-8,13,15,17H,9-12,14H2,1H3/b22-15-. The molecule has 0 radical (unpaired) electrons. The molecule has 1 aliphatic rings. The highest BCUT2D eigenvalue weighted by Gasteiger charge is 2.25. The molecule has 1 fully saturated rings. The van der Waals surface area contributed by atoms with Crippen molar-refractivity contribution >= 4 is 18.2 Å². The second-order valence-electron chi connectivity index (χ2n) is 6.21. The average molecular weight is 353 g/mol. The van der Waals surface area contributed by atoms with Gasteiger partial charge in [0, 0.05) is 24.7 Å². The predicted molar refractivity (Wildman–Crippen MR) is 99.6 cm³/mol. The third-order valence-corrected chi connectivity index (χ3v) is 4.45. The van der Waals surface area contributed by atoms with E-state index in [1.807, 2.05) is 42.5 Å². The number of piperidine rings is 1. The maximum absolute atomic E-state index is 12.2. The first-order chi connectivity index (χ1) is 12.8. The molecule has 1 amide bonds. The van der Waals surface area contributed by atoms with Crippen molar-refractivity contribution in [2.24, 2.45) is 4.99 Å². The number of benzene rings is 1. The molecule has 0 N–H and O–H groups in total. The summed E-state index contributed by atoms with van der Waals surface area (Å²) in [6.07, 6.45) is 4.65. The van der Waals surface area contributed by atoms with Gasteiger partial charge in [0.15, 0.2) is 6.40 Å². The van der Waals surface area contributed by atoms with E-state index in [-0.39, 0.29) is 6.09 Å². The van der Waals surface area contributed by atoms with Gasteiger partial charge in [0.05, 0.1) is 19.0 Å². The summed E-state index contributed by atoms with van der Waals surface area (Å²) in [5.74, 6) is 0.355. The summed E-state index contributed by atoms with van der Waals surface area (Å²) < 4.78 is 10.2. The van der Waals surface area contributed by atoms with Crippen molar-refractivity contribution < 1.29 is 14.3 Å². The fourth-order valence-corrected chi connectivity index (χ4v) is 3.00. The van der Waals surface area contributed by atoms with Crippen LogP contribution >= 0.6 is 0 Å². The van der Waals surface area contributed by atoms with Gasteiger partial charge in [0.1, 0.15) is 6.61 Å². The first-order valence-corrected chi connectivity index (χ1v) is 8.73. The van der Waals surface area contributed by atoms with Crippen LogP contribution < -0.4 is 0 Å². The first kappa shape index (κ1) is 17.9. The highest BCUT2D eigenvalue weighted by Crippen LogP contribution is 2.27. The number of pyridine rings is 1. The summed E-state index contributed by atoms with van der Waals surface area (Å²) in [6, 6.07) is 13.6. The number of ether oxygens (including phenoxy) is 2. The zero-order valence-corrected chi connectivity index (χ0v) is 14.9. The van der Waals surface area contributed by atoms with Crippen molar-refractivity contribution in [1.29, 1.82) is 0 Å². The van der Waals surface area contributed by atoms with Crippen LogP contribution in [-0.2, 0) is 16.1 Å². The number of likely N-dealkylation sites (tertiary alicyclic amines) is 1. The van der Waals surface area contributed by atoms with Gasteiger partial charge in [0.25, 0.3) is 0 Å². The molecule has 136 valence electrons. The van der Waals surface area contributed by atoms with Gasteiger partial charge in [-0.05, 0) is 30.5 Å². The molecule has 1 saturated heterocycles. The summed E-state index contributed by atoms with van der Waals surface area (Å²) in [6.45, 7) is 1.68. The molecule has 6 heteroatoms. The Kier molecular flexibility index (Phi) is 6.19. The molecule has 0 aliphatic carbocycles. The Labute approximate surface area is 153 Å². The third kappa shape index (κ3) is 4.81. The quantitative estimate of drug-likeness (QED) is 0.604. The van der Waals surface area contributed by atoms with Gasteiger partial charge < -0.3 is 14.4 Å². The van der Waals surface area contributed by atoms with Crippen LogP contribution in [0.15, 0.2) is 53.7 Å². The smallest absolute Gasteiger partial charge is 0.410 e. The van der Waals surface area contributed by atoms with Gasteiger partial charge in [-0.3, -0.25) is 4.98 Å². The maximum atomic E-state index is 12.2. The van der Waals surface area contributed by atoms with Gasteiger partial charge in [-0.25, -0.2) is 9.79 Å². The zero-order chi connectivity index (χ0) is 18.2. The molecule has 1 aromatic carbocycles. The number of amides is 1. The Hall–Kier alpha value is -2.89. The minimum absolute atomic E-state index is 0.246. The lowest BCUT2D eigenvalue weighted by molar-refractivity contribution is 0.0868. The second-order valence-corrected chi connectivity index (χ2v) is 6.21. The molecule has 0 bridgehead atoms. The van der Waals surface area contributed by atoms with Crippen molar-refractivity contribution in [2.45, 2.75) is 25.4 Å². The largest absolute Gasteiger partial charge is 0.486 e. The number of nitrogens with zero attached hydrogens (tertiary/aromatic N) is 3. The van der Waals surface area contributed by atoms with E-state index in [1.165, 1.54) is 6.40 Å². The average Bonchev–Trinajstić information content (AvgIpc) is 2.72. The molecule has 6 nitrogen and oxygen atoms in total. The molecule has 1 aromatic heterocycles. The van der Waals surface area contributed by atoms with Crippen LogP contribution in [0.1, 0.15) is 30.0 Å². The molecule has 0 unspecified atom stereocenters. The monoisotopic (exact) mass is 353 g/mol. The Morgan fingerprint density at radius 2 is 2.00 bits per heavy atom. The van der Waals surface area contributed by atoms with Crippen molar-refractivity contribution in [1.82, 2.24) is 9.88 Å². The number of carbonyl (C=O) groups is 1. The number of methoxy groups -OCH3 is 1. The van der Waals surface area contributed by atoms with Crippen LogP contribution in [0.4, 0.5) is 10.5 Å². The van der Waals surface area contributed by atoms with E-state index in [4.69, 9.17) is 9.47 Å². The van der Waals surface area contributed by atoms with Gasteiger partial charge in [-0.15, -0.1) is 0 Å². The van der Waals surface area contributed by atoms with Gasteiger partial charge in [0.2, 0.25) is 0 Å². The molecule has 2 heterocycles. The Balaban J connectivity index is 1.47. The molecular formula is C20H23N3O3. The van der Waals surface area contributed by atoms with Gasteiger partial charge in [-0.2, -0.15) is 0 Å². The van der Waals surface area contributed by atoms with E-state index in [1.54, 1.807) is 18.2 Å². The van der Waals surface area contributed by atoms with Gasteiger partial charge in [-0.1, -0.05) is 30.3 Å². The van der Waals surface area contributed by atoms with Crippen molar-refractivity contribution in [3.05, 3.63) is 59.9 Å². The predicted octanol–water partition coefficient (Wildman–Crippen LogP) is 3.90. The second kappa shape index (κ2) is 8.99. The van der Waals surface area contributed by atoms with Crippen LogP contribution in [0, 0.1) is 0 Å². The summed E-state index contributed by atoms with van der Waals surface area (Å²) >= 11 is 0.